The van der Waals surface area contributed by atoms with Crippen LogP contribution in [0.5, 0.6) is 0 Å². The Balaban J connectivity index is 2.17. The predicted molar refractivity (Wildman–Crippen MR) is 71.4 cm³/mol. The quantitative estimate of drug-likeness (QED) is 0.850. The van der Waals surface area contributed by atoms with E-state index in [-0.39, 0.29) is 17.7 Å². The van der Waals surface area contributed by atoms with Gasteiger partial charge in [-0.2, -0.15) is 0 Å². The van der Waals surface area contributed by atoms with Crippen LogP contribution in [0.4, 0.5) is 4.39 Å². The molecule has 0 bridgehead atoms. The van der Waals surface area contributed by atoms with Crippen LogP contribution in [0.3, 0.4) is 0 Å². The van der Waals surface area contributed by atoms with E-state index in [1.54, 1.807) is 12.1 Å². The lowest BCUT2D eigenvalue weighted by atomic mass is 9.78. The highest BCUT2D eigenvalue weighted by atomic mass is 19.1. The number of carbonyl (C=O) groups is 1. The van der Waals surface area contributed by atoms with E-state index in [0.29, 0.717) is 12.3 Å². The van der Waals surface area contributed by atoms with Gasteiger partial charge >= 0.3 is 5.97 Å². The number of halogens is 1. The molecule has 19 heavy (non-hydrogen) atoms. The molecule has 0 aliphatic carbocycles. The van der Waals surface area contributed by atoms with Gasteiger partial charge in [0.05, 0.1) is 13.5 Å². The molecule has 0 saturated carbocycles. The van der Waals surface area contributed by atoms with Crippen LogP contribution in [0.2, 0.25) is 0 Å². The Kier molecular flexibility index (Phi) is 4.91. The molecule has 1 aromatic rings. The third kappa shape index (κ3) is 3.77. The third-order valence-corrected chi connectivity index (χ3v) is 3.87. The van der Waals surface area contributed by atoms with E-state index in [1.165, 1.54) is 19.2 Å². The number of methoxy groups -OCH3 is 1. The summed E-state index contributed by atoms with van der Waals surface area (Å²) in [4.78, 5) is 11.6. The molecule has 1 atom stereocenters. The fourth-order valence-electron chi connectivity index (χ4n) is 2.78. The van der Waals surface area contributed by atoms with Gasteiger partial charge in [0.2, 0.25) is 0 Å². The summed E-state index contributed by atoms with van der Waals surface area (Å²) in [6.45, 7) is 1.95. The van der Waals surface area contributed by atoms with Crippen molar-refractivity contribution in [2.75, 3.05) is 20.2 Å². The van der Waals surface area contributed by atoms with Crippen LogP contribution in [0.25, 0.3) is 0 Å². The van der Waals surface area contributed by atoms with Crippen molar-refractivity contribution >= 4 is 5.97 Å². The number of esters is 1. The highest BCUT2D eigenvalue weighted by Gasteiger charge is 2.27. The zero-order chi connectivity index (χ0) is 13.7. The summed E-state index contributed by atoms with van der Waals surface area (Å²) >= 11 is 0. The minimum absolute atomic E-state index is 0.121. The van der Waals surface area contributed by atoms with E-state index in [9.17, 15) is 9.18 Å². The molecule has 1 aliphatic heterocycles. The number of nitrogens with one attached hydrogen (secondary N) is 1. The van der Waals surface area contributed by atoms with Crippen molar-refractivity contribution in [1.29, 1.82) is 0 Å². The van der Waals surface area contributed by atoms with E-state index >= 15 is 0 Å². The monoisotopic (exact) mass is 265 g/mol. The first-order chi connectivity index (χ1) is 9.20. The lowest BCUT2D eigenvalue weighted by molar-refractivity contribution is -0.141. The van der Waals surface area contributed by atoms with Gasteiger partial charge in [0.25, 0.3) is 0 Å². The molecule has 0 spiro atoms. The van der Waals surface area contributed by atoms with Crippen molar-refractivity contribution in [3.63, 3.8) is 0 Å². The summed E-state index contributed by atoms with van der Waals surface area (Å²) in [5.41, 5.74) is 1.03. The Hall–Kier alpha value is -1.42. The second-order valence-electron chi connectivity index (χ2n) is 5.03. The average Bonchev–Trinajstić information content (AvgIpc) is 2.46. The molecule has 3 nitrogen and oxygen atoms in total. The van der Waals surface area contributed by atoms with Crippen LogP contribution in [0.15, 0.2) is 24.3 Å². The molecule has 104 valence electrons. The number of piperidine rings is 1. The molecule has 1 aromatic carbocycles. The number of carbonyl (C=O) groups excluding carboxylic acids is 1. The maximum absolute atomic E-state index is 13.0. The van der Waals surface area contributed by atoms with E-state index in [4.69, 9.17) is 4.74 Å². The third-order valence-electron chi connectivity index (χ3n) is 3.87. The Labute approximate surface area is 113 Å². The minimum atomic E-state index is -0.245. The molecule has 1 saturated heterocycles. The van der Waals surface area contributed by atoms with Gasteiger partial charge in [0.1, 0.15) is 5.82 Å². The number of benzene rings is 1. The summed E-state index contributed by atoms with van der Waals surface area (Å²) in [6.07, 6.45) is 2.45. The second-order valence-corrected chi connectivity index (χ2v) is 5.03. The first-order valence-electron chi connectivity index (χ1n) is 6.73. The molecule has 1 N–H and O–H groups in total. The van der Waals surface area contributed by atoms with Gasteiger partial charge in [0, 0.05) is 0 Å². The van der Waals surface area contributed by atoms with Crippen LogP contribution < -0.4 is 5.32 Å². The first-order valence-corrected chi connectivity index (χ1v) is 6.73. The van der Waals surface area contributed by atoms with E-state index < -0.39 is 0 Å². The van der Waals surface area contributed by atoms with E-state index in [0.717, 1.165) is 31.5 Å². The number of hydrogen-bond acceptors (Lipinski definition) is 3. The van der Waals surface area contributed by atoms with Crippen molar-refractivity contribution in [1.82, 2.24) is 5.32 Å². The molecule has 2 rings (SSSR count). The topological polar surface area (TPSA) is 38.3 Å². The van der Waals surface area contributed by atoms with Crippen LogP contribution in [-0.2, 0) is 9.53 Å². The SMILES string of the molecule is COC(=O)CC(c1ccc(F)cc1)C1CCNCC1. The normalized spacial score (nSPS) is 18.0. The van der Waals surface area contributed by atoms with Crippen LogP contribution >= 0.6 is 0 Å². The minimum Gasteiger partial charge on any atom is -0.469 e. The van der Waals surface area contributed by atoms with Crippen molar-refractivity contribution in [2.45, 2.75) is 25.2 Å². The number of ether oxygens (including phenoxy) is 1. The smallest absolute Gasteiger partial charge is 0.306 e. The molecule has 1 aliphatic rings. The predicted octanol–water partition coefficient (Wildman–Crippen LogP) is 2.47. The molecular formula is C15H20FNO2. The summed E-state index contributed by atoms with van der Waals surface area (Å²) < 4.78 is 17.8. The van der Waals surface area contributed by atoms with Gasteiger partial charge in [-0.1, -0.05) is 12.1 Å². The van der Waals surface area contributed by atoms with Gasteiger partial charge in [0.15, 0.2) is 0 Å². The standard InChI is InChI=1S/C15H20FNO2/c1-19-15(18)10-14(12-6-8-17-9-7-12)11-2-4-13(16)5-3-11/h2-5,12,14,17H,6-10H2,1H3. The fraction of sp³-hybridized carbons (Fsp3) is 0.533. The Bertz CT molecular complexity index is 413. The Morgan fingerprint density at radius 2 is 2.00 bits per heavy atom. The summed E-state index contributed by atoms with van der Waals surface area (Å²) in [5.74, 6) is 0.125. The molecule has 0 aromatic heterocycles. The summed E-state index contributed by atoms with van der Waals surface area (Å²) in [7, 11) is 1.41. The van der Waals surface area contributed by atoms with Gasteiger partial charge in [-0.15, -0.1) is 0 Å². The van der Waals surface area contributed by atoms with Crippen LogP contribution in [0, 0.1) is 11.7 Å². The number of hydrogen-bond donors (Lipinski definition) is 1. The Morgan fingerprint density at radius 3 is 2.58 bits per heavy atom. The van der Waals surface area contributed by atoms with Gasteiger partial charge < -0.3 is 10.1 Å². The summed E-state index contributed by atoms with van der Waals surface area (Å²) in [6, 6.07) is 6.48. The second kappa shape index (κ2) is 6.66. The number of rotatable bonds is 4. The molecule has 1 fully saturated rings. The van der Waals surface area contributed by atoms with Gasteiger partial charge in [-0.3, -0.25) is 4.79 Å². The zero-order valence-corrected chi connectivity index (χ0v) is 11.2. The van der Waals surface area contributed by atoms with Crippen molar-refractivity contribution < 1.29 is 13.9 Å². The highest BCUT2D eigenvalue weighted by Crippen LogP contribution is 2.34. The molecule has 1 heterocycles. The van der Waals surface area contributed by atoms with Crippen LogP contribution in [0.1, 0.15) is 30.7 Å². The molecule has 1 unspecified atom stereocenters. The largest absolute Gasteiger partial charge is 0.469 e. The highest BCUT2D eigenvalue weighted by molar-refractivity contribution is 5.70. The van der Waals surface area contributed by atoms with Crippen LogP contribution in [-0.4, -0.2) is 26.2 Å². The average molecular weight is 265 g/mol. The maximum atomic E-state index is 13.0. The van der Waals surface area contributed by atoms with Gasteiger partial charge in [-0.25, -0.2) is 4.39 Å². The van der Waals surface area contributed by atoms with Crippen molar-refractivity contribution in [2.24, 2.45) is 5.92 Å². The lowest BCUT2D eigenvalue weighted by Gasteiger charge is -2.30. The van der Waals surface area contributed by atoms with Crippen molar-refractivity contribution in [3.05, 3.63) is 35.6 Å². The molecule has 0 amide bonds. The summed E-state index contributed by atoms with van der Waals surface area (Å²) in [5, 5.41) is 3.32. The Morgan fingerprint density at radius 1 is 1.37 bits per heavy atom. The van der Waals surface area contributed by atoms with Gasteiger partial charge in [-0.05, 0) is 55.5 Å². The first kappa shape index (κ1) is 14.0. The zero-order valence-electron chi connectivity index (χ0n) is 11.2. The molecule has 0 radical (unpaired) electrons. The van der Waals surface area contributed by atoms with E-state index in [1.807, 2.05) is 0 Å². The lowest BCUT2D eigenvalue weighted by Crippen LogP contribution is -2.31. The van der Waals surface area contributed by atoms with Crippen molar-refractivity contribution in [3.8, 4) is 0 Å². The van der Waals surface area contributed by atoms with E-state index in [2.05, 4.69) is 5.32 Å². The molecule has 4 heteroatoms. The molecular weight excluding hydrogens is 245 g/mol. The fourth-order valence-corrected chi connectivity index (χ4v) is 2.78. The maximum Gasteiger partial charge on any atom is 0.306 e.